The lowest BCUT2D eigenvalue weighted by molar-refractivity contribution is -0.145. The number of ketones is 1. The Morgan fingerprint density at radius 2 is 1.89 bits per heavy atom. The molecule has 146 valence electrons. The Hall–Kier alpha value is -2.51. The molecular weight excluding hydrogens is 400 g/mol. The van der Waals surface area contributed by atoms with Crippen LogP contribution in [-0.2, 0) is 16.1 Å². The molecule has 28 heavy (non-hydrogen) atoms. The Morgan fingerprint density at radius 1 is 1.14 bits per heavy atom. The molecule has 0 N–H and O–H groups in total. The molecule has 0 aliphatic carbocycles. The van der Waals surface area contributed by atoms with Crippen molar-refractivity contribution in [2.24, 2.45) is 0 Å². The van der Waals surface area contributed by atoms with Crippen LogP contribution in [-0.4, -0.2) is 21.9 Å². The minimum Gasteiger partial charge on any atom is -0.456 e. The van der Waals surface area contributed by atoms with Gasteiger partial charge in [-0.25, -0.2) is 0 Å². The van der Waals surface area contributed by atoms with Crippen molar-refractivity contribution in [1.82, 2.24) is 10.1 Å². The smallest absolute Gasteiger partial charge is 0.306 e. The van der Waals surface area contributed by atoms with E-state index >= 15 is 0 Å². The Bertz CT molecular complexity index is 963. The van der Waals surface area contributed by atoms with Gasteiger partial charge in [0.05, 0.1) is 15.6 Å². The van der Waals surface area contributed by atoms with Crippen molar-refractivity contribution < 1.29 is 18.8 Å². The number of benzene rings is 1. The summed E-state index contributed by atoms with van der Waals surface area (Å²) in [7, 11) is 0. The van der Waals surface area contributed by atoms with Gasteiger partial charge in [0, 0.05) is 12.0 Å². The summed E-state index contributed by atoms with van der Waals surface area (Å²) in [5.41, 5.74) is 2.05. The first-order chi connectivity index (χ1) is 13.4. The number of carbonyl (C=O) groups excluding carboxylic acids is 2. The number of ether oxygens (including phenoxy) is 1. The van der Waals surface area contributed by atoms with E-state index in [2.05, 4.69) is 24.0 Å². The summed E-state index contributed by atoms with van der Waals surface area (Å²) in [6.45, 7) is 4.12. The van der Waals surface area contributed by atoms with Crippen LogP contribution in [0.1, 0.15) is 53.7 Å². The van der Waals surface area contributed by atoms with E-state index in [4.69, 9.17) is 20.9 Å². The van der Waals surface area contributed by atoms with Crippen molar-refractivity contribution >= 4 is 34.7 Å². The minimum absolute atomic E-state index is 0.0218. The monoisotopic (exact) mass is 418 g/mol. The van der Waals surface area contributed by atoms with E-state index in [9.17, 15) is 9.59 Å². The molecule has 0 aliphatic heterocycles. The first-order valence-electron chi connectivity index (χ1n) is 8.79. The van der Waals surface area contributed by atoms with E-state index in [1.165, 1.54) is 16.9 Å². The zero-order valence-electron chi connectivity index (χ0n) is 15.5. The third-order valence-electron chi connectivity index (χ3n) is 4.06. The van der Waals surface area contributed by atoms with E-state index in [0.29, 0.717) is 21.0 Å². The fourth-order valence-electron chi connectivity index (χ4n) is 2.47. The van der Waals surface area contributed by atoms with Gasteiger partial charge >= 0.3 is 5.97 Å². The molecule has 0 amide bonds. The number of aromatic nitrogens is 2. The third-order valence-corrected chi connectivity index (χ3v) is 5.34. The highest BCUT2D eigenvalue weighted by molar-refractivity contribution is 7.18. The van der Waals surface area contributed by atoms with Crippen LogP contribution >= 0.6 is 22.9 Å². The number of rotatable bonds is 8. The van der Waals surface area contributed by atoms with Gasteiger partial charge < -0.3 is 9.26 Å². The zero-order valence-corrected chi connectivity index (χ0v) is 17.0. The number of hydrogen-bond acceptors (Lipinski definition) is 7. The van der Waals surface area contributed by atoms with Gasteiger partial charge in [0.25, 0.3) is 5.89 Å². The van der Waals surface area contributed by atoms with Gasteiger partial charge in [-0.3, -0.25) is 9.59 Å². The van der Waals surface area contributed by atoms with E-state index < -0.39 is 5.97 Å². The van der Waals surface area contributed by atoms with Crippen LogP contribution in [0.5, 0.6) is 0 Å². The number of thiophene rings is 1. The molecule has 0 saturated heterocycles. The van der Waals surface area contributed by atoms with Crippen molar-refractivity contribution in [2.75, 3.05) is 0 Å². The van der Waals surface area contributed by atoms with Crippen LogP contribution in [0.2, 0.25) is 4.34 Å². The topological polar surface area (TPSA) is 82.3 Å². The SMILES string of the molecule is CC(C)c1ccc(-c2noc(COC(=O)CCC(=O)c3ccc(Cl)s3)n2)cc1. The van der Waals surface area contributed by atoms with Gasteiger partial charge in [0.2, 0.25) is 5.82 Å². The molecule has 0 unspecified atom stereocenters. The highest BCUT2D eigenvalue weighted by Crippen LogP contribution is 2.23. The molecule has 0 saturated carbocycles. The Labute approximate surface area is 171 Å². The molecular formula is C20H19ClN2O4S. The number of esters is 1. The molecule has 6 nitrogen and oxygen atoms in total. The van der Waals surface area contributed by atoms with Gasteiger partial charge in [0.1, 0.15) is 0 Å². The summed E-state index contributed by atoms with van der Waals surface area (Å²) in [4.78, 5) is 28.6. The summed E-state index contributed by atoms with van der Waals surface area (Å²) in [6.07, 6.45) is 0.0406. The highest BCUT2D eigenvalue weighted by Gasteiger charge is 2.14. The molecule has 2 aromatic heterocycles. The van der Waals surface area contributed by atoms with E-state index in [-0.39, 0.29) is 31.1 Å². The van der Waals surface area contributed by atoms with Crippen molar-refractivity contribution in [3.05, 3.63) is 57.1 Å². The fraction of sp³-hybridized carbons (Fsp3) is 0.300. The van der Waals surface area contributed by atoms with Gasteiger partial charge in [0.15, 0.2) is 12.4 Å². The standard InChI is InChI=1S/C20H19ClN2O4S/c1-12(2)13-3-5-14(6-4-13)20-22-18(27-23-20)11-26-19(25)10-7-15(24)16-8-9-17(21)28-16/h3-6,8-9,12H,7,10-11H2,1-2H3. The molecule has 0 bridgehead atoms. The van der Waals surface area contributed by atoms with Crippen LogP contribution < -0.4 is 0 Å². The van der Waals surface area contributed by atoms with Crippen LogP contribution in [0.15, 0.2) is 40.9 Å². The first-order valence-corrected chi connectivity index (χ1v) is 9.99. The lowest BCUT2D eigenvalue weighted by Crippen LogP contribution is -2.07. The summed E-state index contributed by atoms with van der Waals surface area (Å²) < 4.78 is 10.8. The van der Waals surface area contributed by atoms with Crippen molar-refractivity contribution in [2.45, 2.75) is 39.2 Å². The van der Waals surface area contributed by atoms with Gasteiger partial charge in [-0.2, -0.15) is 4.98 Å². The second-order valence-corrected chi connectivity index (χ2v) is 8.19. The normalized spacial score (nSPS) is 11.0. The molecule has 0 atom stereocenters. The average Bonchev–Trinajstić information content (AvgIpc) is 3.33. The van der Waals surface area contributed by atoms with Crippen molar-refractivity contribution in [3.63, 3.8) is 0 Å². The van der Waals surface area contributed by atoms with Gasteiger partial charge in [-0.05, 0) is 23.6 Å². The summed E-state index contributed by atoms with van der Waals surface area (Å²) in [5.74, 6) is 0.438. The predicted molar refractivity (Wildman–Crippen MR) is 107 cm³/mol. The molecule has 0 fully saturated rings. The molecule has 3 aromatic rings. The number of Topliss-reactive ketones (excluding diaryl/α,β-unsaturated/α-hetero) is 1. The lowest BCUT2D eigenvalue weighted by Gasteiger charge is -2.04. The summed E-state index contributed by atoms with van der Waals surface area (Å²) >= 11 is 6.99. The molecule has 0 spiro atoms. The quantitative estimate of drug-likeness (QED) is 0.365. The molecule has 1 aromatic carbocycles. The Balaban J connectivity index is 1.48. The lowest BCUT2D eigenvalue weighted by atomic mass is 10.0. The average molecular weight is 419 g/mol. The van der Waals surface area contributed by atoms with Crippen molar-refractivity contribution in [1.29, 1.82) is 0 Å². The van der Waals surface area contributed by atoms with E-state index in [0.717, 1.165) is 5.56 Å². The number of hydrogen-bond donors (Lipinski definition) is 0. The molecule has 8 heteroatoms. The Kier molecular flexibility index (Phi) is 6.59. The summed E-state index contributed by atoms with van der Waals surface area (Å²) in [6, 6.07) is 11.2. The second-order valence-electron chi connectivity index (χ2n) is 6.48. The molecule has 0 radical (unpaired) electrons. The number of nitrogens with zero attached hydrogens (tertiary/aromatic N) is 2. The maximum absolute atomic E-state index is 12.0. The van der Waals surface area contributed by atoms with Crippen LogP contribution in [0.25, 0.3) is 11.4 Å². The number of halogens is 1. The van der Waals surface area contributed by atoms with Gasteiger partial charge in [-0.1, -0.05) is 54.9 Å². The molecule has 2 heterocycles. The van der Waals surface area contributed by atoms with E-state index in [1.807, 2.05) is 24.3 Å². The predicted octanol–water partition coefficient (Wildman–Crippen LogP) is 5.28. The van der Waals surface area contributed by atoms with Crippen molar-refractivity contribution in [3.8, 4) is 11.4 Å². The molecule has 0 aliphatic rings. The molecule has 3 rings (SSSR count). The second kappa shape index (κ2) is 9.12. The fourth-order valence-corrected chi connectivity index (χ4v) is 3.48. The zero-order chi connectivity index (χ0) is 20.1. The van der Waals surface area contributed by atoms with Gasteiger partial charge in [-0.15, -0.1) is 11.3 Å². The van der Waals surface area contributed by atoms with E-state index in [1.54, 1.807) is 12.1 Å². The van der Waals surface area contributed by atoms with Crippen LogP contribution in [0, 0.1) is 0 Å². The highest BCUT2D eigenvalue weighted by atomic mass is 35.5. The number of carbonyl (C=O) groups is 2. The first kappa shape index (κ1) is 20.2. The Morgan fingerprint density at radius 3 is 2.54 bits per heavy atom. The maximum Gasteiger partial charge on any atom is 0.306 e. The third kappa shape index (κ3) is 5.27. The minimum atomic E-state index is -0.503. The summed E-state index contributed by atoms with van der Waals surface area (Å²) in [5, 5.41) is 3.91. The van der Waals surface area contributed by atoms with Crippen LogP contribution in [0.4, 0.5) is 0 Å². The maximum atomic E-state index is 12.0. The largest absolute Gasteiger partial charge is 0.456 e. The van der Waals surface area contributed by atoms with Crippen LogP contribution in [0.3, 0.4) is 0 Å².